The van der Waals surface area contributed by atoms with Gasteiger partial charge in [0.15, 0.2) is 17.3 Å². The normalized spacial score (nSPS) is 12.3. The van der Waals surface area contributed by atoms with Crippen LogP contribution in [0, 0.1) is 0 Å². The molecule has 0 saturated carbocycles. The van der Waals surface area contributed by atoms with Crippen molar-refractivity contribution in [3.05, 3.63) is 96.2 Å². The van der Waals surface area contributed by atoms with E-state index in [1.165, 1.54) is 0 Å². The van der Waals surface area contributed by atoms with Gasteiger partial charge in [0.05, 0.1) is 25.2 Å². The summed E-state index contributed by atoms with van der Waals surface area (Å²) >= 11 is 0. The summed E-state index contributed by atoms with van der Waals surface area (Å²) in [5, 5.41) is 11.1. The molecule has 9 nitrogen and oxygen atoms in total. The fourth-order valence-corrected chi connectivity index (χ4v) is 4.71. The molecule has 3 heterocycles. The first kappa shape index (κ1) is 26.3. The van der Waals surface area contributed by atoms with Gasteiger partial charge in [-0.3, -0.25) is 9.89 Å². The van der Waals surface area contributed by atoms with Crippen LogP contribution < -0.4 is 19.7 Å². The van der Waals surface area contributed by atoms with Crippen molar-refractivity contribution in [2.75, 3.05) is 43.6 Å². The van der Waals surface area contributed by atoms with E-state index in [0.29, 0.717) is 43.7 Å². The van der Waals surface area contributed by atoms with Crippen molar-refractivity contribution in [1.82, 2.24) is 15.2 Å². The summed E-state index contributed by atoms with van der Waals surface area (Å²) in [6, 6.07) is 25.7. The smallest absolute Gasteiger partial charge is 0.230 e. The van der Waals surface area contributed by atoms with Crippen molar-refractivity contribution in [2.24, 2.45) is 0 Å². The van der Waals surface area contributed by atoms with E-state index in [-0.39, 0.29) is 12.3 Å². The van der Waals surface area contributed by atoms with Crippen LogP contribution in [0.1, 0.15) is 11.1 Å². The number of nitrogens with zero attached hydrogens (tertiary/aromatic N) is 3. The molecule has 0 aliphatic carbocycles. The van der Waals surface area contributed by atoms with Crippen LogP contribution in [0.5, 0.6) is 11.5 Å². The van der Waals surface area contributed by atoms with Crippen LogP contribution in [-0.4, -0.2) is 54.5 Å². The Bertz CT molecular complexity index is 1640. The molecule has 3 aromatic carbocycles. The number of benzene rings is 3. The third-order valence-corrected chi connectivity index (χ3v) is 6.95. The lowest BCUT2D eigenvalue weighted by Crippen LogP contribution is -2.23. The zero-order valence-corrected chi connectivity index (χ0v) is 22.8. The first-order chi connectivity index (χ1) is 20.1. The molecule has 5 aromatic rings. The molecule has 1 amide bonds. The predicted octanol–water partition coefficient (Wildman–Crippen LogP) is 5.23. The van der Waals surface area contributed by atoms with E-state index in [1.807, 2.05) is 80.0 Å². The summed E-state index contributed by atoms with van der Waals surface area (Å²) in [4.78, 5) is 19.6. The van der Waals surface area contributed by atoms with E-state index in [4.69, 9.17) is 14.2 Å². The van der Waals surface area contributed by atoms with E-state index in [0.717, 1.165) is 45.5 Å². The number of likely N-dealkylation sites (N-methyl/N-ethyl adjacent to an activating group) is 1. The molecule has 1 aliphatic rings. The number of rotatable bonds is 10. The van der Waals surface area contributed by atoms with Gasteiger partial charge >= 0.3 is 0 Å². The van der Waals surface area contributed by atoms with Crippen molar-refractivity contribution < 1.29 is 19.0 Å². The molecule has 0 saturated heterocycles. The van der Waals surface area contributed by atoms with Crippen molar-refractivity contribution in [3.63, 3.8) is 0 Å². The number of hydrogen-bond acceptors (Lipinski definition) is 7. The average Bonchev–Trinajstić information content (AvgIpc) is 3.41. The first-order valence-electron chi connectivity index (χ1n) is 13.6. The zero-order chi connectivity index (χ0) is 28.0. The maximum Gasteiger partial charge on any atom is 0.230 e. The molecule has 6 rings (SSSR count). The van der Waals surface area contributed by atoms with Gasteiger partial charge in [-0.15, -0.1) is 0 Å². The second-order valence-electron chi connectivity index (χ2n) is 9.90. The molecule has 0 spiro atoms. The maximum absolute atomic E-state index is 12.9. The Kier molecular flexibility index (Phi) is 7.77. The molecule has 2 N–H and O–H groups in total. The third-order valence-electron chi connectivity index (χ3n) is 6.95. The Hall–Kier alpha value is -4.89. The topological polar surface area (TPSA) is 102 Å². The van der Waals surface area contributed by atoms with Crippen LogP contribution in [-0.2, 0) is 22.6 Å². The minimum Gasteiger partial charge on any atom is -0.486 e. The summed E-state index contributed by atoms with van der Waals surface area (Å²) in [5.41, 5.74) is 4.79. The second-order valence-corrected chi connectivity index (χ2v) is 9.90. The Morgan fingerprint density at radius 1 is 0.951 bits per heavy atom. The molecule has 0 fully saturated rings. The minimum atomic E-state index is -0.165. The molecule has 208 valence electrons. The van der Waals surface area contributed by atoms with E-state index in [1.54, 1.807) is 0 Å². The van der Waals surface area contributed by atoms with Gasteiger partial charge in [0, 0.05) is 30.7 Å². The van der Waals surface area contributed by atoms with Gasteiger partial charge in [-0.25, -0.2) is 4.98 Å². The third kappa shape index (κ3) is 6.31. The summed E-state index contributed by atoms with van der Waals surface area (Å²) in [7, 11) is 2.01. The molecule has 0 radical (unpaired) electrons. The standard InChI is InChI=1S/C32H31N5O4/c1-37(13-14-39-21-22-5-3-2-4-6-22)30-12-9-25(20-33-30)24-8-10-27-26(19-24)32(36-35-27)34-31(38)18-23-7-11-28-29(17-23)41-16-15-40-28/h2-12,17,19-20H,13-16,18,21H2,1H3,(H2,34,35,36,38). The van der Waals surface area contributed by atoms with Gasteiger partial charge in [0.1, 0.15) is 19.0 Å². The van der Waals surface area contributed by atoms with Crippen molar-refractivity contribution in [3.8, 4) is 22.6 Å². The van der Waals surface area contributed by atoms with Crippen molar-refractivity contribution in [1.29, 1.82) is 0 Å². The number of anilines is 2. The number of aromatic nitrogens is 3. The Morgan fingerprint density at radius 3 is 2.61 bits per heavy atom. The molecule has 9 heteroatoms. The van der Waals surface area contributed by atoms with Gasteiger partial charge in [-0.2, -0.15) is 5.10 Å². The Morgan fingerprint density at radius 2 is 1.78 bits per heavy atom. The lowest BCUT2D eigenvalue weighted by atomic mass is 10.1. The summed E-state index contributed by atoms with van der Waals surface area (Å²) in [5.74, 6) is 2.56. The molecule has 0 unspecified atom stereocenters. The van der Waals surface area contributed by atoms with E-state index in [9.17, 15) is 4.79 Å². The number of pyridine rings is 1. The fraction of sp³-hybridized carbons (Fsp3) is 0.219. The number of amides is 1. The number of hydrogen-bond donors (Lipinski definition) is 2. The highest BCUT2D eigenvalue weighted by Crippen LogP contribution is 2.31. The van der Waals surface area contributed by atoms with Gasteiger partial charge in [0.25, 0.3) is 0 Å². The molecular weight excluding hydrogens is 518 g/mol. The van der Waals surface area contributed by atoms with Gasteiger partial charge in [0.2, 0.25) is 5.91 Å². The molecule has 2 aromatic heterocycles. The lowest BCUT2D eigenvalue weighted by Gasteiger charge is -2.18. The van der Waals surface area contributed by atoms with Crippen LogP contribution in [0.15, 0.2) is 85.1 Å². The Balaban J connectivity index is 1.08. The van der Waals surface area contributed by atoms with Gasteiger partial charge < -0.3 is 24.4 Å². The highest BCUT2D eigenvalue weighted by atomic mass is 16.6. The molecule has 0 atom stereocenters. The summed E-state index contributed by atoms with van der Waals surface area (Å²) in [6.45, 7) is 2.97. The van der Waals surface area contributed by atoms with E-state index >= 15 is 0 Å². The SMILES string of the molecule is CN(CCOCc1ccccc1)c1ccc(-c2ccc3[nH]nc(NC(=O)Cc4ccc5c(c4)OCCO5)c3c2)cn1. The van der Waals surface area contributed by atoms with E-state index < -0.39 is 0 Å². The summed E-state index contributed by atoms with van der Waals surface area (Å²) < 4.78 is 17.0. The monoisotopic (exact) mass is 549 g/mol. The highest BCUT2D eigenvalue weighted by Gasteiger charge is 2.15. The molecule has 0 bridgehead atoms. The number of carbonyl (C=O) groups is 1. The molecule has 1 aliphatic heterocycles. The number of fused-ring (bicyclic) bond motifs is 2. The predicted molar refractivity (Wildman–Crippen MR) is 158 cm³/mol. The number of carbonyl (C=O) groups excluding carboxylic acids is 1. The van der Waals surface area contributed by atoms with Gasteiger partial charge in [-0.05, 0) is 53.1 Å². The van der Waals surface area contributed by atoms with Crippen LogP contribution in [0.2, 0.25) is 0 Å². The minimum absolute atomic E-state index is 0.165. The van der Waals surface area contributed by atoms with Gasteiger partial charge in [-0.1, -0.05) is 42.5 Å². The van der Waals surface area contributed by atoms with Crippen molar-refractivity contribution in [2.45, 2.75) is 13.0 Å². The van der Waals surface area contributed by atoms with Crippen LogP contribution in [0.25, 0.3) is 22.0 Å². The van der Waals surface area contributed by atoms with Crippen LogP contribution in [0.4, 0.5) is 11.6 Å². The number of nitrogens with one attached hydrogen (secondary N) is 2. The van der Waals surface area contributed by atoms with Crippen LogP contribution in [0.3, 0.4) is 0 Å². The quantitative estimate of drug-likeness (QED) is 0.230. The highest BCUT2D eigenvalue weighted by molar-refractivity contribution is 6.01. The number of aromatic amines is 1. The lowest BCUT2D eigenvalue weighted by molar-refractivity contribution is -0.115. The fourth-order valence-electron chi connectivity index (χ4n) is 4.71. The van der Waals surface area contributed by atoms with E-state index in [2.05, 4.69) is 37.5 Å². The Labute approximate surface area is 238 Å². The number of H-pyrrole nitrogens is 1. The van der Waals surface area contributed by atoms with Crippen LogP contribution >= 0.6 is 0 Å². The largest absolute Gasteiger partial charge is 0.486 e. The maximum atomic E-state index is 12.9. The first-order valence-corrected chi connectivity index (χ1v) is 13.6. The number of ether oxygens (including phenoxy) is 3. The molecular formula is C32H31N5O4. The average molecular weight is 550 g/mol. The zero-order valence-electron chi connectivity index (χ0n) is 22.8. The summed E-state index contributed by atoms with van der Waals surface area (Å²) in [6.07, 6.45) is 2.05. The molecule has 41 heavy (non-hydrogen) atoms. The van der Waals surface area contributed by atoms with Crippen molar-refractivity contribution >= 4 is 28.4 Å². The second kappa shape index (κ2) is 12.1.